The first-order chi connectivity index (χ1) is 8.66. The van der Waals surface area contributed by atoms with Gasteiger partial charge >= 0.3 is 11.1 Å². The van der Waals surface area contributed by atoms with Crippen LogP contribution in [0.2, 0.25) is 4.34 Å². The second kappa shape index (κ2) is 4.12. The van der Waals surface area contributed by atoms with Crippen LogP contribution in [-0.2, 0) is 0 Å². The molecule has 18 heavy (non-hydrogen) atoms. The Morgan fingerprint density at radius 2 is 1.67 bits per heavy atom. The molecule has 0 aliphatic heterocycles. The molecule has 3 rings (SSSR count). The number of aromatic nitrogens is 2. The lowest BCUT2D eigenvalue weighted by Gasteiger charge is -1.99. The zero-order valence-electron chi connectivity index (χ0n) is 8.99. The smallest absolute Gasteiger partial charge is 0.314 e. The Morgan fingerprint density at radius 3 is 2.39 bits per heavy atom. The largest absolute Gasteiger partial charge is 0.315 e. The SMILES string of the molecule is O=c1[nH]c2sc(Cl)c(-c3ccccc3)c2[nH]c1=O. The monoisotopic (exact) mass is 278 g/mol. The first-order valence-corrected chi connectivity index (χ1v) is 6.36. The van der Waals surface area contributed by atoms with Crippen LogP contribution in [0.5, 0.6) is 0 Å². The van der Waals surface area contributed by atoms with Crippen LogP contribution in [0.15, 0.2) is 39.9 Å². The van der Waals surface area contributed by atoms with E-state index in [4.69, 9.17) is 11.6 Å². The summed E-state index contributed by atoms with van der Waals surface area (Å²) in [6.07, 6.45) is 0. The maximum Gasteiger partial charge on any atom is 0.314 e. The first-order valence-electron chi connectivity index (χ1n) is 5.17. The van der Waals surface area contributed by atoms with Crippen molar-refractivity contribution >= 4 is 33.3 Å². The van der Waals surface area contributed by atoms with Crippen molar-refractivity contribution in [3.8, 4) is 11.1 Å². The van der Waals surface area contributed by atoms with Gasteiger partial charge in [0.05, 0.1) is 5.52 Å². The third kappa shape index (κ3) is 1.68. The van der Waals surface area contributed by atoms with E-state index < -0.39 is 11.1 Å². The number of hydrogen-bond acceptors (Lipinski definition) is 3. The minimum Gasteiger partial charge on any atom is -0.315 e. The lowest BCUT2D eigenvalue weighted by atomic mass is 10.1. The molecule has 0 atom stereocenters. The van der Waals surface area contributed by atoms with Gasteiger partial charge in [-0.1, -0.05) is 41.9 Å². The minimum absolute atomic E-state index is 0.536. The van der Waals surface area contributed by atoms with Crippen molar-refractivity contribution in [1.82, 2.24) is 9.97 Å². The molecule has 0 fully saturated rings. The molecule has 0 amide bonds. The molecule has 2 heterocycles. The fraction of sp³-hybridized carbons (Fsp3) is 0. The van der Waals surface area contributed by atoms with Crippen LogP contribution in [0.3, 0.4) is 0 Å². The predicted molar refractivity (Wildman–Crippen MR) is 73.5 cm³/mol. The lowest BCUT2D eigenvalue weighted by Crippen LogP contribution is -2.28. The van der Waals surface area contributed by atoms with Gasteiger partial charge in [0, 0.05) is 5.56 Å². The molecule has 2 aromatic heterocycles. The topological polar surface area (TPSA) is 65.7 Å². The second-order valence-electron chi connectivity index (χ2n) is 3.73. The predicted octanol–water partition coefficient (Wildman–Crippen LogP) is 2.60. The second-order valence-corrected chi connectivity index (χ2v) is 5.35. The fourth-order valence-corrected chi connectivity index (χ4v) is 3.14. The molecule has 90 valence electrons. The number of fused-ring (bicyclic) bond motifs is 1. The van der Waals surface area contributed by atoms with Gasteiger partial charge in [-0.15, -0.1) is 11.3 Å². The zero-order chi connectivity index (χ0) is 12.7. The van der Waals surface area contributed by atoms with E-state index in [1.54, 1.807) is 0 Å². The Balaban J connectivity index is 2.43. The van der Waals surface area contributed by atoms with Gasteiger partial charge in [-0.05, 0) is 5.56 Å². The number of H-pyrrole nitrogens is 2. The normalized spacial score (nSPS) is 10.9. The van der Waals surface area contributed by atoms with Crippen LogP contribution >= 0.6 is 22.9 Å². The quantitative estimate of drug-likeness (QED) is 0.672. The molecule has 0 unspecified atom stereocenters. The molecule has 0 aliphatic rings. The molecule has 3 aromatic rings. The number of aromatic amines is 2. The molecular formula is C12H7ClN2O2S. The molecule has 0 saturated carbocycles. The van der Waals surface area contributed by atoms with Gasteiger partial charge in [0.1, 0.15) is 9.17 Å². The van der Waals surface area contributed by atoms with Crippen LogP contribution in [0.4, 0.5) is 0 Å². The molecule has 1 aromatic carbocycles. The summed E-state index contributed by atoms with van der Waals surface area (Å²) in [5, 5.41) is 0. The highest BCUT2D eigenvalue weighted by atomic mass is 35.5. The summed E-state index contributed by atoms with van der Waals surface area (Å²) in [6.45, 7) is 0. The van der Waals surface area contributed by atoms with Crippen LogP contribution in [0.25, 0.3) is 21.5 Å². The Morgan fingerprint density at radius 1 is 1.00 bits per heavy atom. The number of hydrogen-bond donors (Lipinski definition) is 2. The molecular weight excluding hydrogens is 272 g/mol. The number of nitrogens with one attached hydrogen (secondary N) is 2. The van der Waals surface area contributed by atoms with E-state index in [2.05, 4.69) is 9.97 Å². The van der Waals surface area contributed by atoms with Crippen molar-refractivity contribution in [3.63, 3.8) is 0 Å². The summed E-state index contributed by atoms with van der Waals surface area (Å²) in [6, 6.07) is 9.47. The average molecular weight is 279 g/mol. The Labute approximate surface area is 110 Å². The van der Waals surface area contributed by atoms with Gasteiger partial charge in [-0.25, -0.2) is 0 Å². The molecule has 0 saturated heterocycles. The van der Waals surface area contributed by atoms with E-state index in [0.717, 1.165) is 11.1 Å². The summed E-state index contributed by atoms with van der Waals surface area (Å²) >= 11 is 7.42. The number of thiophene rings is 1. The molecule has 6 heteroatoms. The molecule has 4 nitrogen and oxygen atoms in total. The van der Waals surface area contributed by atoms with Gasteiger partial charge < -0.3 is 9.97 Å². The third-order valence-electron chi connectivity index (χ3n) is 2.60. The Kier molecular flexibility index (Phi) is 2.57. The summed E-state index contributed by atoms with van der Waals surface area (Å²) in [5.41, 5.74) is 0.872. The van der Waals surface area contributed by atoms with Gasteiger partial charge in [0.2, 0.25) is 0 Å². The van der Waals surface area contributed by atoms with E-state index in [1.165, 1.54) is 11.3 Å². The van der Waals surface area contributed by atoms with E-state index in [0.29, 0.717) is 14.7 Å². The molecule has 2 N–H and O–H groups in total. The third-order valence-corrected chi connectivity index (χ3v) is 3.91. The molecule has 0 radical (unpaired) electrons. The number of halogens is 1. The number of rotatable bonds is 1. The van der Waals surface area contributed by atoms with Gasteiger partial charge in [0.25, 0.3) is 0 Å². The standard InChI is InChI=1S/C12H7ClN2O2S/c13-9-7(6-4-2-1-3-5-6)8-12(18-9)15-11(17)10(16)14-8/h1-5H,(H,14,16)(H,15,17). The first kappa shape index (κ1) is 11.3. The highest BCUT2D eigenvalue weighted by Gasteiger charge is 2.14. The fourth-order valence-electron chi connectivity index (χ4n) is 1.80. The van der Waals surface area contributed by atoms with E-state index in [9.17, 15) is 9.59 Å². The summed E-state index contributed by atoms with van der Waals surface area (Å²) < 4.78 is 0.536. The van der Waals surface area contributed by atoms with Crippen molar-refractivity contribution in [2.75, 3.05) is 0 Å². The summed E-state index contributed by atoms with van der Waals surface area (Å²) in [7, 11) is 0. The highest BCUT2D eigenvalue weighted by Crippen LogP contribution is 2.39. The van der Waals surface area contributed by atoms with Crippen LogP contribution < -0.4 is 11.1 Å². The van der Waals surface area contributed by atoms with Crippen molar-refractivity contribution < 1.29 is 0 Å². The van der Waals surface area contributed by atoms with E-state index in [-0.39, 0.29) is 0 Å². The van der Waals surface area contributed by atoms with Crippen molar-refractivity contribution in [2.45, 2.75) is 0 Å². The van der Waals surface area contributed by atoms with Gasteiger partial charge in [0.15, 0.2) is 0 Å². The van der Waals surface area contributed by atoms with Crippen molar-refractivity contribution in [1.29, 1.82) is 0 Å². The van der Waals surface area contributed by atoms with Crippen LogP contribution in [0, 0.1) is 0 Å². The summed E-state index contributed by atoms with van der Waals surface area (Å²) in [4.78, 5) is 28.3. The maximum absolute atomic E-state index is 11.4. The van der Waals surface area contributed by atoms with E-state index >= 15 is 0 Å². The van der Waals surface area contributed by atoms with Crippen LogP contribution in [-0.4, -0.2) is 9.97 Å². The molecule has 0 bridgehead atoms. The highest BCUT2D eigenvalue weighted by molar-refractivity contribution is 7.23. The lowest BCUT2D eigenvalue weighted by molar-refractivity contribution is 1.16. The zero-order valence-corrected chi connectivity index (χ0v) is 10.6. The number of benzene rings is 1. The Bertz CT molecular complexity index is 833. The Hall–Kier alpha value is -1.85. The minimum atomic E-state index is -0.672. The van der Waals surface area contributed by atoms with Crippen molar-refractivity contribution in [2.24, 2.45) is 0 Å². The van der Waals surface area contributed by atoms with Gasteiger partial charge in [-0.3, -0.25) is 9.59 Å². The average Bonchev–Trinajstić information content (AvgIpc) is 2.66. The van der Waals surface area contributed by atoms with Crippen LogP contribution in [0.1, 0.15) is 0 Å². The maximum atomic E-state index is 11.4. The van der Waals surface area contributed by atoms with E-state index in [1.807, 2.05) is 30.3 Å². The molecule has 0 aliphatic carbocycles. The van der Waals surface area contributed by atoms with Crippen molar-refractivity contribution in [3.05, 3.63) is 55.4 Å². The summed E-state index contributed by atoms with van der Waals surface area (Å²) in [5.74, 6) is 0. The molecule has 0 spiro atoms. The van der Waals surface area contributed by atoms with Gasteiger partial charge in [-0.2, -0.15) is 0 Å².